The van der Waals surface area contributed by atoms with Gasteiger partial charge in [0.1, 0.15) is 29.2 Å². The van der Waals surface area contributed by atoms with Gasteiger partial charge in [-0.25, -0.2) is 9.97 Å². The summed E-state index contributed by atoms with van der Waals surface area (Å²) in [5.41, 5.74) is 10.4. The SMILES string of the molecule is CNC(=O)c1ccc(-c2c(C)c(Cl)cc(C(C)n3ccc4c(N)ncnc43)c2OC)cn1. The van der Waals surface area contributed by atoms with Crippen molar-refractivity contribution in [1.29, 1.82) is 0 Å². The second-order valence-electron chi connectivity index (χ2n) is 7.39. The first-order chi connectivity index (χ1) is 15.4. The first-order valence-corrected chi connectivity index (χ1v) is 10.4. The number of nitrogens with one attached hydrogen (secondary N) is 1. The quantitative estimate of drug-likeness (QED) is 0.475. The number of aromatic nitrogens is 4. The third-order valence-corrected chi connectivity index (χ3v) is 6.02. The highest BCUT2D eigenvalue weighted by Gasteiger charge is 2.23. The topological polar surface area (TPSA) is 108 Å². The molecule has 4 aromatic rings. The van der Waals surface area contributed by atoms with E-state index in [4.69, 9.17) is 22.1 Å². The maximum absolute atomic E-state index is 11.9. The van der Waals surface area contributed by atoms with Crippen molar-refractivity contribution < 1.29 is 9.53 Å². The van der Waals surface area contributed by atoms with Gasteiger partial charge in [-0.2, -0.15) is 0 Å². The van der Waals surface area contributed by atoms with E-state index < -0.39 is 0 Å². The molecule has 0 saturated carbocycles. The van der Waals surface area contributed by atoms with Crippen LogP contribution in [0.3, 0.4) is 0 Å². The number of nitrogens with two attached hydrogens (primary N) is 1. The van der Waals surface area contributed by atoms with Crippen LogP contribution in [0.4, 0.5) is 5.82 Å². The van der Waals surface area contributed by atoms with E-state index in [-0.39, 0.29) is 11.9 Å². The Morgan fingerprint density at radius 1 is 1.25 bits per heavy atom. The van der Waals surface area contributed by atoms with Gasteiger partial charge < -0.3 is 20.4 Å². The van der Waals surface area contributed by atoms with Crippen LogP contribution in [0.1, 0.15) is 34.6 Å². The number of fused-ring (bicyclic) bond motifs is 1. The molecule has 0 saturated heterocycles. The van der Waals surface area contributed by atoms with Gasteiger partial charge in [-0.3, -0.25) is 9.78 Å². The second-order valence-corrected chi connectivity index (χ2v) is 7.79. The molecule has 3 heterocycles. The molecular formula is C23H23ClN6O2. The van der Waals surface area contributed by atoms with E-state index in [0.29, 0.717) is 22.3 Å². The van der Waals surface area contributed by atoms with E-state index in [1.807, 2.05) is 42.8 Å². The monoisotopic (exact) mass is 450 g/mol. The van der Waals surface area contributed by atoms with E-state index in [1.165, 1.54) is 6.33 Å². The number of pyridine rings is 1. The molecule has 8 nitrogen and oxygen atoms in total. The van der Waals surface area contributed by atoms with E-state index >= 15 is 0 Å². The van der Waals surface area contributed by atoms with Crippen molar-refractivity contribution in [2.24, 2.45) is 0 Å². The van der Waals surface area contributed by atoms with Crippen molar-refractivity contribution in [1.82, 2.24) is 24.8 Å². The van der Waals surface area contributed by atoms with Crippen LogP contribution < -0.4 is 15.8 Å². The summed E-state index contributed by atoms with van der Waals surface area (Å²) in [5, 5.41) is 3.96. The minimum absolute atomic E-state index is 0.160. The maximum atomic E-state index is 11.9. The number of anilines is 1. The number of hydrogen-bond acceptors (Lipinski definition) is 6. The molecule has 0 spiro atoms. The predicted octanol–water partition coefficient (Wildman–Crippen LogP) is 4.01. The van der Waals surface area contributed by atoms with Gasteiger partial charge in [0, 0.05) is 41.2 Å². The lowest BCUT2D eigenvalue weighted by atomic mass is 9.94. The molecule has 32 heavy (non-hydrogen) atoms. The number of nitrogen functional groups attached to an aromatic ring is 1. The highest BCUT2D eigenvalue weighted by atomic mass is 35.5. The molecular weight excluding hydrogens is 428 g/mol. The Labute approximate surface area is 190 Å². The summed E-state index contributed by atoms with van der Waals surface area (Å²) in [6.45, 7) is 3.97. The zero-order valence-corrected chi connectivity index (χ0v) is 18.9. The Morgan fingerprint density at radius 2 is 2.03 bits per heavy atom. The van der Waals surface area contributed by atoms with Gasteiger partial charge in [0.05, 0.1) is 18.5 Å². The smallest absolute Gasteiger partial charge is 0.269 e. The van der Waals surface area contributed by atoms with Gasteiger partial charge in [-0.1, -0.05) is 17.7 Å². The second kappa shape index (κ2) is 8.47. The molecule has 9 heteroatoms. The first kappa shape index (κ1) is 21.6. The van der Waals surface area contributed by atoms with Gasteiger partial charge in [-0.05, 0) is 37.6 Å². The molecule has 1 atom stereocenters. The number of halogens is 1. The number of amides is 1. The number of carbonyl (C=O) groups is 1. The molecule has 0 radical (unpaired) electrons. The first-order valence-electron chi connectivity index (χ1n) is 9.99. The molecule has 0 bridgehead atoms. The van der Waals surface area contributed by atoms with Gasteiger partial charge >= 0.3 is 0 Å². The molecule has 1 unspecified atom stereocenters. The van der Waals surface area contributed by atoms with Crippen LogP contribution in [0.5, 0.6) is 5.75 Å². The van der Waals surface area contributed by atoms with Gasteiger partial charge in [0.25, 0.3) is 5.91 Å². The lowest BCUT2D eigenvalue weighted by Crippen LogP contribution is -2.18. The third kappa shape index (κ3) is 3.52. The van der Waals surface area contributed by atoms with Crippen LogP contribution in [0, 0.1) is 6.92 Å². The molecule has 1 amide bonds. The average Bonchev–Trinajstić information content (AvgIpc) is 3.25. The molecule has 0 aliphatic heterocycles. The minimum atomic E-state index is -0.249. The molecule has 3 N–H and O–H groups in total. The Morgan fingerprint density at radius 3 is 2.69 bits per heavy atom. The van der Waals surface area contributed by atoms with Crippen LogP contribution in [0.25, 0.3) is 22.2 Å². The molecule has 3 aromatic heterocycles. The summed E-state index contributed by atoms with van der Waals surface area (Å²) in [6.07, 6.45) is 5.03. The third-order valence-electron chi connectivity index (χ3n) is 5.63. The number of hydrogen-bond donors (Lipinski definition) is 2. The molecule has 0 fully saturated rings. The molecule has 0 aliphatic carbocycles. The van der Waals surface area contributed by atoms with Crippen LogP contribution >= 0.6 is 11.6 Å². The van der Waals surface area contributed by atoms with Crippen molar-refractivity contribution in [3.63, 3.8) is 0 Å². The molecule has 4 rings (SSSR count). The lowest BCUT2D eigenvalue weighted by Gasteiger charge is -2.23. The van der Waals surface area contributed by atoms with E-state index in [2.05, 4.69) is 20.3 Å². The van der Waals surface area contributed by atoms with Crippen LogP contribution in [-0.4, -0.2) is 39.6 Å². The normalized spacial score (nSPS) is 12.0. The summed E-state index contributed by atoms with van der Waals surface area (Å²) in [7, 11) is 3.20. The Bertz CT molecular complexity index is 1320. The van der Waals surface area contributed by atoms with Crippen molar-refractivity contribution in [2.45, 2.75) is 19.9 Å². The van der Waals surface area contributed by atoms with E-state index in [9.17, 15) is 4.79 Å². The Kier molecular flexibility index (Phi) is 5.71. The fourth-order valence-corrected chi connectivity index (χ4v) is 4.09. The number of ether oxygens (including phenoxy) is 1. The Hall–Kier alpha value is -3.65. The van der Waals surface area contributed by atoms with Crippen molar-refractivity contribution in [3.05, 3.63) is 64.8 Å². The average molecular weight is 451 g/mol. The zero-order valence-electron chi connectivity index (χ0n) is 18.2. The van der Waals surface area contributed by atoms with E-state index in [1.54, 1.807) is 26.4 Å². The van der Waals surface area contributed by atoms with Crippen LogP contribution in [-0.2, 0) is 0 Å². The van der Waals surface area contributed by atoms with Crippen molar-refractivity contribution in [3.8, 4) is 16.9 Å². The zero-order chi connectivity index (χ0) is 23.0. The number of rotatable bonds is 5. The summed E-state index contributed by atoms with van der Waals surface area (Å²) in [6, 6.07) is 7.16. The highest BCUT2D eigenvalue weighted by molar-refractivity contribution is 6.32. The summed E-state index contributed by atoms with van der Waals surface area (Å²) in [5.74, 6) is 0.858. The molecule has 164 valence electrons. The van der Waals surface area contributed by atoms with Gasteiger partial charge in [-0.15, -0.1) is 0 Å². The van der Waals surface area contributed by atoms with Crippen molar-refractivity contribution in [2.75, 3.05) is 19.9 Å². The Balaban J connectivity index is 1.88. The summed E-state index contributed by atoms with van der Waals surface area (Å²) < 4.78 is 7.89. The molecule has 1 aromatic carbocycles. The number of carbonyl (C=O) groups excluding carboxylic acids is 1. The van der Waals surface area contributed by atoms with Gasteiger partial charge in [0.2, 0.25) is 0 Å². The number of methoxy groups -OCH3 is 1. The van der Waals surface area contributed by atoms with Gasteiger partial charge in [0.15, 0.2) is 0 Å². The lowest BCUT2D eigenvalue weighted by molar-refractivity contribution is 0.0958. The maximum Gasteiger partial charge on any atom is 0.269 e. The molecule has 0 aliphatic rings. The fourth-order valence-electron chi connectivity index (χ4n) is 3.88. The summed E-state index contributed by atoms with van der Waals surface area (Å²) >= 11 is 6.66. The summed E-state index contributed by atoms with van der Waals surface area (Å²) in [4.78, 5) is 24.6. The van der Waals surface area contributed by atoms with Crippen LogP contribution in [0.15, 0.2) is 43.0 Å². The fraction of sp³-hybridized carbons (Fsp3) is 0.217. The largest absolute Gasteiger partial charge is 0.496 e. The van der Waals surface area contributed by atoms with E-state index in [0.717, 1.165) is 33.3 Å². The van der Waals surface area contributed by atoms with Crippen molar-refractivity contribution >= 4 is 34.4 Å². The highest BCUT2D eigenvalue weighted by Crippen LogP contribution is 2.43. The predicted molar refractivity (Wildman–Crippen MR) is 125 cm³/mol. The minimum Gasteiger partial charge on any atom is -0.496 e. The van der Waals surface area contributed by atoms with Crippen LogP contribution in [0.2, 0.25) is 5.02 Å². The standard InChI is InChI=1S/C23H23ClN6O2/c1-12-17(24)9-16(13(2)30-8-7-15-21(25)28-11-29-22(15)30)20(32-4)19(12)14-5-6-18(27-10-14)23(31)26-3/h5-11,13H,1-4H3,(H,26,31)(H2,25,28,29). The number of nitrogens with zero attached hydrogens (tertiary/aromatic N) is 4. The number of benzene rings is 1.